The molecule has 0 spiro atoms. The Bertz CT molecular complexity index is 424. The molecule has 2 rings (SSSR count). The van der Waals surface area contributed by atoms with Gasteiger partial charge in [-0.3, -0.25) is 0 Å². The van der Waals surface area contributed by atoms with Gasteiger partial charge in [0.1, 0.15) is 11.4 Å². The number of anilines is 1. The molecule has 0 bridgehead atoms. The molecule has 2 unspecified atom stereocenters. The minimum Gasteiger partial charge on any atom is -0.383 e. The number of methoxy groups -OCH3 is 1. The van der Waals surface area contributed by atoms with Gasteiger partial charge in [-0.15, -0.1) is 0 Å². The molecule has 0 radical (unpaired) electrons. The number of rotatable bonds is 2. The standard InChI is InChI=1S/C14H23N3O/c1-9-6-5-7-14(8-9,18-4)13-16-11(3)10(2)12(15)17-13/h9H,5-8H2,1-4H3,(H2,15,16,17). The maximum Gasteiger partial charge on any atom is 0.162 e. The molecule has 1 aliphatic rings. The third-order valence-electron chi connectivity index (χ3n) is 4.18. The van der Waals surface area contributed by atoms with Gasteiger partial charge in [-0.2, -0.15) is 0 Å². The largest absolute Gasteiger partial charge is 0.383 e. The van der Waals surface area contributed by atoms with Crippen molar-refractivity contribution in [2.24, 2.45) is 5.92 Å². The second-order valence-electron chi connectivity index (χ2n) is 5.54. The van der Waals surface area contributed by atoms with Crippen molar-refractivity contribution in [3.05, 3.63) is 17.1 Å². The summed E-state index contributed by atoms with van der Waals surface area (Å²) in [4.78, 5) is 9.09. The third-order valence-corrected chi connectivity index (χ3v) is 4.18. The number of hydrogen-bond donors (Lipinski definition) is 1. The van der Waals surface area contributed by atoms with Crippen LogP contribution in [0.5, 0.6) is 0 Å². The lowest BCUT2D eigenvalue weighted by molar-refractivity contribution is -0.0646. The molecular formula is C14H23N3O. The Morgan fingerprint density at radius 3 is 2.61 bits per heavy atom. The highest BCUT2D eigenvalue weighted by Gasteiger charge is 2.39. The van der Waals surface area contributed by atoms with Crippen LogP contribution in [-0.4, -0.2) is 17.1 Å². The molecule has 0 aliphatic heterocycles. The van der Waals surface area contributed by atoms with Gasteiger partial charge in [0.2, 0.25) is 0 Å². The van der Waals surface area contributed by atoms with E-state index in [1.165, 1.54) is 6.42 Å². The van der Waals surface area contributed by atoms with Crippen molar-refractivity contribution in [3.63, 3.8) is 0 Å². The summed E-state index contributed by atoms with van der Waals surface area (Å²) in [6.07, 6.45) is 4.37. The zero-order valence-electron chi connectivity index (χ0n) is 11.8. The summed E-state index contributed by atoms with van der Waals surface area (Å²) >= 11 is 0. The van der Waals surface area contributed by atoms with E-state index in [4.69, 9.17) is 10.5 Å². The first kappa shape index (κ1) is 13.3. The molecule has 1 heterocycles. The summed E-state index contributed by atoms with van der Waals surface area (Å²) in [6, 6.07) is 0. The quantitative estimate of drug-likeness (QED) is 0.875. The monoisotopic (exact) mass is 249 g/mol. The molecule has 1 aromatic heterocycles. The van der Waals surface area contributed by atoms with E-state index in [2.05, 4.69) is 16.9 Å². The number of nitrogens with two attached hydrogens (primary N) is 1. The van der Waals surface area contributed by atoms with Gasteiger partial charge in [0.25, 0.3) is 0 Å². The number of nitrogen functional groups attached to an aromatic ring is 1. The topological polar surface area (TPSA) is 61.0 Å². The van der Waals surface area contributed by atoms with Crippen LogP contribution in [0.25, 0.3) is 0 Å². The second kappa shape index (κ2) is 4.84. The van der Waals surface area contributed by atoms with E-state index in [-0.39, 0.29) is 5.60 Å². The van der Waals surface area contributed by atoms with Crippen LogP contribution in [0.3, 0.4) is 0 Å². The molecule has 4 nitrogen and oxygen atoms in total. The summed E-state index contributed by atoms with van der Waals surface area (Å²) in [5.41, 5.74) is 7.54. The maximum absolute atomic E-state index is 5.97. The normalized spacial score (nSPS) is 28.3. The van der Waals surface area contributed by atoms with Crippen LogP contribution in [0.2, 0.25) is 0 Å². The molecule has 2 N–H and O–H groups in total. The van der Waals surface area contributed by atoms with Crippen LogP contribution in [-0.2, 0) is 10.3 Å². The zero-order valence-corrected chi connectivity index (χ0v) is 11.8. The SMILES string of the molecule is COC1(c2nc(C)c(C)c(N)n2)CCCC(C)C1. The van der Waals surface area contributed by atoms with Crippen molar-refractivity contribution in [2.45, 2.75) is 52.1 Å². The smallest absolute Gasteiger partial charge is 0.162 e. The van der Waals surface area contributed by atoms with Gasteiger partial charge in [0.15, 0.2) is 5.82 Å². The fourth-order valence-electron chi connectivity index (χ4n) is 2.84. The van der Waals surface area contributed by atoms with Crippen molar-refractivity contribution < 1.29 is 4.74 Å². The Balaban J connectivity index is 2.44. The first-order chi connectivity index (χ1) is 8.48. The molecule has 1 aliphatic carbocycles. The van der Waals surface area contributed by atoms with Gasteiger partial charge < -0.3 is 10.5 Å². The number of nitrogens with zero attached hydrogens (tertiary/aromatic N) is 2. The highest BCUT2D eigenvalue weighted by molar-refractivity contribution is 5.41. The first-order valence-electron chi connectivity index (χ1n) is 6.65. The van der Waals surface area contributed by atoms with Crippen LogP contribution in [0, 0.1) is 19.8 Å². The lowest BCUT2D eigenvalue weighted by Crippen LogP contribution is -2.36. The molecule has 0 amide bonds. The van der Waals surface area contributed by atoms with Crippen molar-refractivity contribution in [3.8, 4) is 0 Å². The lowest BCUT2D eigenvalue weighted by Gasteiger charge is -2.37. The fraction of sp³-hybridized carbons (Fsp3) is 0.714. The molecule has 0 aromatic carbocycles. The van der Waals surface area contributed by atoms with Gasteiger partial charge >= 0.3 is 0 Å². The van der Waals surface area contributed by atoms with Crippen LogP contribution < -0.4 is 5.73 Å². The summed E-state index contributed by atoms with van der Waals surface area (Å²) in [5.74, 6) is 1.98. The van der Waals surface area contributed by atoms with E-state index in [1.807, 2.05) is 13.8 Å². The van der Waals surface area contributed by atoms with Crippen LogP contribution >= 0.6 is 0 Å². The van der Waals surface area contributed by atoms with Crippen LogP contribution in [0.15, 0.2) is 0 Å². The molecular weight excluding hydrogens is 226 g/mol. The van der Waals surface area contributed by atoms with Gasteiger partial charge in [0, 0.05) is 18.4 Å². The lowest BCUT2D eigenvalue weighted by atomic mass is 9.78. The van der Waals surface area contributed by atoms with E-state index in [0.717, 1.165) is 36.3 Å². The highest BCUT2D eigenvalue weighted by atomic mass is 16.5. The summed E-state index contributed by atoms with van der Waals surface area (Å²) in [5, 5.41) is 0. The minimum atomic E-state index is -0.343. The minimum absolute atomic E-state index is 0.343. The van der Waals surface area contributed by atoms with E-state index in [1.54, 1.807) is 7.11 Å². The summed E-state index contributed by atoms with van der Waals surface area (Å²) < 4.78 is 5.80. The molecule has 1 saturated carbocycles. The predicted octanol–water partition coefficient (Wildman–Crippen LogP) is 2.73. The number of ether oxygens (including phenoxy) is 1. The average molecular weight is 249 g/mol. The molecule has 2 atom stereocenters. The Labute approximate surface area is 109 Å². The van der Waals surface area contributed by atoms with Crippen molar-refractivity contribution in [2.75, 3.05) is 12.8 Å². The molecule has 0 saturated heterocycles. The Morgan fingerprint density at radius 2 is 2.06 bits per heavy atom. The average Bonchev–Trinajstić information content (AvgIpc) is 2.35. The maximum atomic E-state index is 5.97. The predicted molar refractivity (Wildman–Crippen MR) is 72.2 cm³/mol. The summed E-state index contributed by atoms with van der Waals surface area (Å²) in [7, 11) is 1.76. The van der Waals surface area contributed by atoms with Crippen LogP contribution in [0.4, 0.5) is 5.82 Å². The van der Waals surface area contributed by atoms with Crippen molar-refractivity contribution in [1.29, 1.82) is 0 Å². The van der Waals surface area contributed by atoms with Gasteiger partial charge in [-0.1, -0.05) is 13.3 Å². The Kier molecular flexibility index (Phi) is 3.57. The molecule has 1 aromatic rings. The van der Waals surface area contributed by atoms with Crippen molar-refractivity contribution >= 4 is 5.82 Å². The summed E-state index contributed by atoms with van der Waals surface area (Å²) in [6.45, 7) is 6.20. The van der Waals surface area contributed by atoms with E-state index >= 15 is 0 Å². The zero-order chi connectivity index (χ0) is 13.3. The van der Waals surface area contributed by atoms with Crippen molar-refractivity contribution in [1.82, 2.24) is 9.97 Å². The Morgan fingerprint density at radius 1 is 1.33 bits per heavy atom. The molecule has 100 valence electrons. The van der Waals surface area contributed by atoms with Gasteiger partial charge in [-0.05, 0) is 39.0 Å². The van der Waals surface area contributed by atoms with E-state index in [0.29, 0.717) is 11.7 Å². The molecule has 18 heavy (non-hydrogen) atoms. The number of aromatic nitrogens is 2. The molecule has 4 heteroatoms. The first-order valence-corrected chi connectivity index (χ1v) is 6.65. The number of hydrogen-bond acceptors (Lipinski definition) is 4. The van der Waals surface area contributed by atoms with E-state index in [9.17, 15) is 0 Å². The van der Waals surface area contributed by atoms with Gasteiger partial charge in [0.05, 0.1) is 0 Å². The fourth-order valence-corrected chi connectivity index (χ4v) is 2.84. The van der Waals surface area contributed by atoms with E-state index < -0.39 is 0 Å². The Hall–Kier alpha value is -1.16. The van der Waals surface area contributed by atoms with Crippen LogP contribution in [0.1, 0.15) is 49.7 Å². The second-order valence-corrected chi connectivity index (χ2v) is 5.54. The third kappa shape index (κ3) is 2.21. The highest BCUT2D eigenvalue weighted by Crippen LogP contribution is 2.41. The number of aryl methyl sites for hydroxylation is 1. The molecule has 1 fully saturated rings. The van der Waals surface area contributed by atoms with Gasteiger partial charge in [-0.25, -0.2) is 9.97 Å².